The van der Waals surface area contributed by atoms with Gasteiger partial charge in [-0.2, -0.15) is 10.5 Å². The lowest BCUT2D eigenvalue weighted by Gasteiger charge is -2.18. The molecule has 0 aliphatic heterocycles. The summed E-state index contributed by atoms with van der Waals surface area (Å²) in [5.74, 6) is -0.141. The molecule has 0 saturated carbocycles. The lowest BCUT2D eigenvalue weighted by atomic mass is 9.96. The van der Waals surface area contributed by atoms with Crippen LogP contribution < -0.4 is 11.1 Å². The maximum Gasteiger partial charge on any atom is 0.237 e. The molecule has 1 amide bonds. The van der Waals surface area contributed by atoms with E-state index in [-0.39, 0.29) is 22.9 Å². The van der Waals surface area contributed by atoms with Crippen molar-refractivity contribution < 1.29 is 4.79 Å². The number of nitriles is 2. The molecule has 0 bridgehead atoms. The summed E-state index contributed by atoms with van der Waals surface area (Å²) in [6, 6.07) is 19.5. The first-order chi connectivity index (χ1) is 15.9. The van der Waals surface area contributed by atoms with Crippen molar-refractivity contribution in [2.75, 3.05) is 11.1 Å². The highest BCUT2D eigenvalue weighted by Gasteiger charge is 2.25. The van der Waals surface area contributed by atoms with E-state index in [2.05, 4.69) is 29.4 Å². The van der Waals surface area contributed by atoms with Crippen molar-refractivity contribution in [2.24, 2.45) is 0 Å². The number of nitrogens with zero attached hydrogens (tertiary/aromatic N) is 3. The molecule has 0 spiro atoms. The van der Waals surface area contributed by atoms with Crippen molar-refractivity contribution in [1.29, 1.82) is 10.5 Å². The third-order valence-corrected chi connectivity index (χ3v) is 6.62. The highest BCUT2D eigenvalue weighted by atomic mass is 32.2. The van der Waals surface area contributed by atoms with Crippen LogP contribution in [0.3, 0.4) is 0 Å². The Hall–Kier alpha value is -3.81. The van der Waals surface area contributed by atoms with E-state index < -0.39 is 5.25 Å². The molecule has 6 nitrogen and oxygen atoms in total. The van der Waals surface area contributed by atoms with Gasteiger partial charge in [0.05, 0.1) is 10.8 Å². The fourth-order valence-corrected chi connectivity index (χ4v) is 4.50. The van der Waals surface area contributed by atoms with Crippen molar-refractivity contribution in [3.05, 3.63) is 70.8 Å². The number of nitrogen functional groups attached to an aromatic ring is 1. The van der Waals surface area contributed by atoms with Crippen LogP contribution in [0.4, 0.5) is 11.5 Å². The molecule has 2 aromatic carbocycles. The Morgan fingerprint density at radius 3 is 2.39 bits per heavy atom. The molecule has 0 aliphatic rings. The van der Waals surface area contributed by atoms with Crippen molar-refractivity contribution in [1.82, 2.24) is 4.98 Å². The molecule has 3 N–H and O–H groups in total. The van der Waals surface area contributed by atoms with Crippen LogP contribution in [0.15, 0.2) is 53.6 Å². The van der Waals surface area contributed by atoms with Crippen LogP contribution in [-0.4, -0.2) is 16.1 Å². The molecule has 33 heavy (non-hydrogen) atoms. The number of nitrogens with one attached hydrogen (secondary N) is 1. The summed E-state index contributed by atoms with van der Waals surface area (Å²) < 4.78 is 0. The van der Waals surface area contributed by atoms with E-state index in [1.54, 1.807) is 0 Å². The smallest absolute Gasteiger partial charge is 0.237 e. The number of nitrogens with two attached hydrogens (primary N) is 1. The molecule has 0 radical (unpaired) electrons. The highest BCUT2D eigenvalue weighted by Crippen LogP contribution is 2.37. The molecule has 3 aromatic rings. The number of hydrogen-bond donors (Lipinski definition) is 2. The number of rotatable bonds is 7. The summed E-state index contributed by atoms with van der Waals surface area (Å²) in [6.45, 7) is 5.91. The molecular weight excluding hydrogens is 430 g/mol. The second-order valence-corrected chi connectivity index (χ2v) is 8.77. The Morgan fingerprint density at radius 2 is 1.82 bits per heavy atom. The Kier molecular flexibility index (Phi) is 7.71. The molecule has 3 rings (SSSR count). The highest BCUT2D eigenvalue weighted by molar-refractivity contribution is 8.00. The molecule has 166 valence electrons. The fraction of sp³-hybridized carbons (Fsp3) is 0.231. The van der Waals surface area contributed by atoms with E-state index in [0.29, 0.717) is 28.3 Å². The van der Waals surface area contributed by atoms with Gasteiger partial charge in [0.1, 0.15) is 28.5 Å². The van der Waals surface area contributed by atoms with E-state index in [4.69, 9.17) is 5.73 Å². The Morgan fingerprint density at radius 1 is 1.12 bits per heavy atom. The Bertz CT molecular complexity index is 1260. The topological polar surface area (TPSA) is 116 Å². The van der Waals surface area contributed by atoms with E-state index >= 15 is 0 Å². The van der Waals surface area contributed by atoms with Gasteiger partial charge in [-0.1, -0.05) is 62.0 Å². The average Bonchev–Trinajstić information content (AvgIpc) is 2.82. The number of carbonyl (C=O) groups is 1. The standard InChI is InChI=1S/C26H25N5OS/c1-4-17-9-11-18(12-10-17)23-20(14-27)24(29)31-26(21(23)15-28)33-22(5-2)25(32)30-19-8-6-7-16(3)13-19/h6-13,22H,4-5H2,1-3H3,(H2,29,31)(H,30,32). The maximum atomic E-state index is 13.0. The van der Waals surface area contributed by atoms with Crippen LogP contribution in [0.1, 0.15) is 42.5 Å². The van der Waals surface area contributed by atoms with Gasteiger partial charge >= 0.3 is 0 Å². The van der Waals surface area contributed by atoms with Crippen molar-refractivity contribution in [2.45, 2.75) is 43.9 Å². The molecule has 0 fully saturated rings. The van der Waals surface area contributed by atoms with Crippen LogP contribution in [0, 0.1) is 29.6 Å². The van der Waals surface area contributed by atoms with Gasteiger partial charge < -0.3 is 11.1 Å². The first kappa shape index (κ1) is 23.8. The zero-order valence-corrected chi connectivity index (χ0v) is 19.7. The molecule has 1 heterocycles. The Labute approximate surface area is 198 Å². The number of amides is 1. The summed E-state index contributed by atoms with van der Waals surface area (Å²) in [7, 11) is 0. The average molecular weight is 456 g/mol. The van der Waals surface area contributed by atoms with E-state index in [9.17, 15) is 15.3 Å². The first-order valence-electron chi connectivity index (χ1n) is 10.7. The third kappa shape index (κ3) is 5.34. The number of anilines is 2. The molecule has 1 aromatic heterocycles. The zero-order chi connectivity index (χ0) is 24.0. The van der Waals surface area contributed by atoms with E-state index in [1.165, 1.54) is 11.8 Å². The van der Waals surface area contributed by atoms with Crippen LogP contribution in [0.2, 0.25) is 0 Å². The minimum Gasteiger partial charge on any atom is -0.383 e. The number of aromatic nitrogens is 1. The minimum atomic E-state index is -0.493. The molecular formula is C26H25N5OS. The van der Waals surface area contributed by atoms with E-state index in [1.807, 2.05) is 62.4 Å². The molecule has 0 saturated heterocycles. The largest absolute Gasteiger partial charge is 0.383 e. The van der Waals surface area contributed by atoms with Gasteiger partial charge in [-0.05, 0) is 48.6 Å². The van der Waals surface area contributed by atoms with Crippen molar-refractivity contribution >= 4 is 29.2 Å². The van der Waals surface area contributed by atoms with Gasteiger partial charge in [0.2, 0.25) is 5.91 Å². The number of hydrogen-bond acceptors (Lipinski definition) is 6. The predicted molar refractivity (Wildman–Crippen MR) is 133 cm³/mol. The summed E-state index contributed by atoms with van der Waals surface area (Å²) >= 11 is 1.19. The normalized spacial score (nSPS) is 11.3. The fourth-order valence-electron chi connectivity index (χ4n) is 3.48. The molecule has 1 unspecified atom stereocenters. The van der Waals surface area contributed by atoms with Gasteiger partial charge in [0, 0.05) is 11.3 Å². The van der Waals surface area contributed by atoms with Crippen LogP contribution in [-0.2, 0) is 11.2 Å². The summed E-state index contributed by atoms with van der Waals surface area (Å²) in [6.07, 6.45) is 1.40. The lowest BCUT2D eigenvalue weighted by Crippen LogP contribution is -2.25. The Balaban J connectivity index is 2.01. The number of benzene rings is 2. The van der Waals surface area contributed by atoms with Crippen LogP contribution in [0.5, 0.6) is 0 Å². The monoisotopic (exact) mass is 455 g/mol. The minimum absolute atomic E-state index is 0.0440. The number of carbonyl (C=O) groups excluding carboxylic acids is 1. The van der Waals surface area contributed by atoms with Crippen molar-refractivity contribution in [3.63, 3.8) is 0 Å². The van der Waals surface area contributed by atoms with Gasteiger partial charge in [0.25, 0.3) is 0 Å². The summed E-state index contributed by atoms with van der Waals surface area (Å²) in [5.41, 5.74) is 10.6. The van der Waals surface area contributed by atoms with Crippen molar-refractivity contribution in [3.8, 4) is 23.3 Å². The second-order valence-electron chi connectivity index (χ2n) is 7.57. The first-order valence-corrected chi connectivity index (χ1v) is 11.6. The summed E-state index contributed by atoms with van der Waals surface area (Å²) in [4.78, 5) is 17.3. The molecule has 1 atom stereocenters. The number of pyridine rings is 1. The lowest BCUT2D eigenvalue weighted by molar-refractivity contribution is -0.115. The maximum absolute atomic E-state index is 13.0. The van der Waals surface area contributed by atoms with Crippen LogP contribution in [0.25, 0.3) is 11.1 Å². The molecule has 0 aliphatic carbocycles. The number of aryl methyl sites for hydroxylation is 2. The quantitative estimate of drug-likeness (QED) is 0.457. The van der Waals surface area contributed by atoms with E-state index in [0.717, 1.165) is 17.5 Å². The van der Waals surface area contributed by atoms with Crippen LogP contribution >= 0.6 is 11.8 Å². The van der Waals surface area contributed by atoms with Gasteiger partial charge in [-0.15, -0.1) is 0 Å². The predicted octanol–water partition coefficient (Wildman–Crippen LogP) is 5.45. The third-order valence-electron chi connectivity index (χ3n) is 5.27. The second kappa shape index (κ2) is 10.7. The zero-order valence-electron chi connectivity index (χ0n) is 18.8. The van der Waals surface area contributed by atoms with Gasteiger partial charge in [-0.25, -0.2) is 4.98 Å². The molecule has 7 heteroatoms. The summed E-state index contributed by atoms with van der Waals surface area (Å²) in [5, 5.41) is 22.5. The SMILES string of the molecule is CCc1ccc(-c2c(C#N)c(N)nc(SC(CC)C(=O)Nc3cccc(C)c3)c2C#N)cc1. The number of thioether (sulfide) groups is 1. The van der Waals surface area contributed by atoms with Gasteiger partial charge in [-0.3, -0.25) is 4.79 Å². The van der Waals surface area contributed by atoms with Gasteiger partial charge in [0.15, 0.2) is 0 Å².